The van der Waals surface area contributed by atoms with E-state index in [9.17, 15) is 13.2 Å². The van der Waals surface area contributed by atoms with Gasteiger partial charge in [0.1, 0.15) is 6.04 Å². The Labute approximate surface area is 153 Å². The number of amides is 1. The van der Waals surface area contributed by atoms with Gasteiger partial charge in [-0.25, -0.2) is 8.42 Å². The first-order valence-corrected chi connectivity index (χ1v) is 10.7. The van der Waals surface area contributed by atoms with Crippen LogP contribution in [0.25, 0.3) is 0 Å². The quantitative estimate of drug-likeness (QED) is 0.748. The van der Waals surface area contributed by atoms with Crippen molar-refractivity contribution < 1.29 is 13.2 Å². The molecule has 0 aromatic heterocycles. The van der Waals surface area contributed by atoms with E-state index in [1.54, 1.807) is 49.0 Å². The Morgan fingerprint density at radius 2 is 1.72 bits per heavy atom. The SMILES string of the molecule is CCSc1ccccc1NC(=O)C(C)N(c1ccccc1)S(C)(=O)=O. The van der Waals surface area contributed by atoms with Crippen LogP contribution in [0, 0.1) is 0 Å². The molecule has 5 nitrogen and oxygen atoms in total. The summed E-state index contributed by atoms with van der Waals surface area (Å²) in [4.78, 5) is 13.7. The van der Waals surface area contributed by atoms with Crippen molar-refractivity contribution in [3.8, 4) is 0 Å². The van der Waals surface area contributed by atoms with E-state index in [-0.39, 0.29) is 5.91 Å². The summed E-state index contributed by atoms with van der Waals surface area (Å²) >= 11 is 1.62. The molecule has 0 aliphatic carbocycles. The largest absolute Gasteiger partial charge is 0.323 e. The van der Waals surface area contributed by atoms with Crippen LogP contribution in [0.3, 0.4) is 0 Å². The molecule has 1 unspecified atom stereocenters. The van der Waals surface area contributed by atoms with E-state index in [4.69, 9.17) is 0 Å². The van der Waals surface area contributed by atoms with Crippen LogP contribution in [-0.2, 0) is 14.8 Å². The van der Waals surface area contributed by atoms with Crippen LogP contribution in [0.15, 0.2) is 59.5 Å². The second-order valence-electron chi connectivity index (χ2n) is 5.49. The van der Waals surface area contributed by atoms with E-state index >= 15 is 0 Å². The normalized spacial score (nSPS) is 12.4. The van der Waals surface area contributed by atoms with Crippen molar-refractivity contribution in [1.82, 2.24) is 0 Å². The number of sulfonamides is 1. The molecule has 2 rings (SSSR count). The van der Waals surface area contributed by atoms with Gasteiger partial charge in [0.05, 0.1) is 17.6 Å². The first-order chi connectivity index (χ1) is 11.8. The van der Waals surface area contributed by atoms with Gasteiger partial charge in [0.15, 0.2) is 0 Å². The van der Waals surface area contributed by atoms with Gasteiger partial charge in [0, 0.05) is 4.90 Å². The lowest BCUT2D eigenvalue weighted by atomic mass is 10.2. The summed E-state index contributed by atoms with van der Waals surface area (Å²) in [6.45, 7) is 3.62. The summed E-state index contributed by atoms with van der Waals surface area (Å²) in [5.74, 6) is 0.500. The molecule has 2 aromatic rings. The molecule has 134 valence electrons. The highest BCUT2D eigenvalue weighted by Gasteiger charge is 2.29. The van der Waals surface area contributed by atoms with E-state index in [1.807, 2.05) is 31.2 Å². The first kappa shape index (κ1) is 19.3. The number of anilines is 2. The Bertz CT molecular complexity index is 823. The highest BCUT2D eigenvalue weighted by Crippen LogP contribution is 2.27. The maximum absolute atomic E-state index is 12.7. The van der Waals surface area contributed by atoms with E-state index in [0.29, 0.717) is 11.4 Å². The second-order valence-corrected chi connectivity index (χ2v) is 8.65. The van der Waals surface area contributed by atoms with Crippen molar-refractivity contribution in [2.75, 3.05) is 21.6 Å². The minimum atomic E-state index is -3.61. The zero-order chi connectivity index (χ0) is 18.4. The summed E-state index contributed by atoms with van der Waals surface area (Å²) in [7, 11) is -3.61. The second kappa shape index (κ2) is 8.40. The molecule has 0 heterocycles. The Hall–Kier alpha value is -1.99. The molecule has 25 heavy (non-hydrogen) atoms. The average molecular weight is 379 g/mol. The minimum Gasteiger partial charge on any atom is -0.323 e. The molecule has 0 fully saturated rings. The van der Waals surface area contributed by atoms with E-state index < -0.39 is 16.1 Å². The van der Waals surface area contributed by atoms with Crippen LogP contribution >= 0.6 is 11.8 Å². The van der Waals surface area contributed by atoms with Crippen LogP contribution in [0.1, 0.15) is 13.8 Å². The lowest BCUT2D eigenvalue weighted by Crippen LogP contribution is -2.45. The zero-order valence-electron chi connectivity index (χ0n) is 14.5. The molecule has 0 aliphatic heterocycles. The zero-order valence-corrected chi connectivity index (χ0v) is 16.1. The number of hydrogen-bond donors (Lipinski definition) is 1. The number of carbonyl (C=O) groups excluding carboxylic acids is 1. The smallest absolute Gasteiger partial charge is 0.248 e. The third-order valence-electron chi connectivity index (χ3n) is 3.54. The fourth-order valence-electron chi connectivity index (χ4n) is 2.47. The van der Waals surface area contributed by atoms with Crippen molar-refractivity contribution in [3.05, 3.63) is 54.6 Å². The average Bonchev–Trinajstić information content (AvgIpc) is 2.56. The molecule has 0 radical (unpaired) electrons. The predicted octanol–water partition coefficient (Wildman–Crippen LogP) is 3.59. The number of nitrogens with one attached hydrogen (secondary N) is 1. The highest BCUT2D eigenvalue weighted by atomic mass is 32.2. The summed E-state index contributed by atoms with van der Waals surface area (Å²) in [6.07, 6.45) is 1.10. The molecule has 0 saturated carbocycles. The van der Waals surface area contributed by atoms with Gasteiger partial charge in [0.2, 0.25) is 15.9 Å². The molecule has 0 aliphatic rings. The summed E-state index contributed by atoms with van der Waals surface area (Å²) < 4.78 is 25.6. The number of nitrogens with zero attached hydrogens (tertiary/aromatic N) is 1. The molecule has 0 spiro atoms. The third kappa shape index (κ3) is 4.99. The fourth-order valence-corrected chi connectivity index (χ4v) is 4.41. The predicted molar refractivity (Wildman–Crippen MR) is 105 cm³/mol. The molecular weight excluding hydrogens is 356 g/mol. The molecule has 0 bridgehead atoms. The highest BCUT2D eigenvalue weighted by molar-refractivity contribution is 7.99. The topological polar surface area (TPSA) is 66.5 Å². The summed E-state index contributed by atoms with van der Waals surface area (Å²) in [6, 6.07) is 15.2. The molecule has 1 N–H and O–H groups in total. The van der Waals surface area contributed by atoms with Crippen molar-refractivity contribution in [2.45, 2.75) is 24.8 Å². The molecular formula is C18H22N2O3S2. The number of rotatable bonds is 7. The van der Waals surface area contributed by atoms with Crippen LogP contribution in [-0.4, -0.2) is 32.4 Å². The monoisotopic (exact) mass is 378 g/mol. The van der Waals surface area contributed by atoms with Crippen LogP contribution < -0.4 is 9.62 Å². The standard InChI is InChI=1S/C18H22N2O3S2/c1-4-24-17-13-9-8-12-16(17)19-18(21)14(2)20(25(3,22)23)15-10-6-5-7-11-15/h5-14H,4H2,1-3H3,(H,19,21). The molecule has 1 atom stereocenters. The van der Waals surface area contributed by atoms with Gasteiger partial charge in [0.25, 0.3) is 0 Å². The number of benzene rings is 2. The minimum absolute atomic E-state index is 0.376. The lowest BCUT2D eigenvalue weighted by Gasteiger charge is -2.28. The van der Waals surface area contributed by atoms with Gasteiger partial charge in [-0.15, -0.1) is 11.8 Å². The van der Waals surface area contributed by atoms with Gasteiger partial charge in [-0.3, -0.25) is 9.10 Å². The van der Waals surface area contributed by atoms with Gasteiger partial charge < -0.3 is 5.32 Å². The van der Waals surface area contributed by atoms with Gasteiger partial charge >= 0.3 is 0 Å². The molecule has 1 amide bonds. The number of para-hydroxylation sites is 2. The first-order valence-electron chi connectivity index (χ1n) is 7.91. The lowest BCUT2D eigenvalue weighted by molar-refractivity contribution is -0.116. The van der Waals surface area contributed by atoms with Crippen molar-refractivity contribution in [3.63, 3.8) is 0 Å². The van der Waals surface area contributed by atoms with Gasteiger partial charge in [-0.2, -0.15) is 0 Å². The Morgan fingerprint density at radius 1 is 1.12 bits per heavy atom. The maximum Gasteiger partial charge on any atom is 0.248 e. The van der Waals surface area contributed by atoms with E-state index in [0.717, 1.165) is 21.2 Å². The van der Waals surface area contributed by atoms with Crippen molar-refractivity contribution in [2.24, 2.45) is 0 Å². The Balaban J connectivity index is 2.28. The summed E-state index contributed by atoms with van der Waals surface area (Å²) in [5, 5.41) is 2.85. The van der Waals surface area contributed by atoms with Crippen LogP contribution in [0.4, 0.5) is 11.4 Å². The van der Waals surface area contributed by atoms with Crippen LogP contribution in [0.2, 0.25) is 0 Å². The third-order valence-corrected chi connectivity index (χ3v) is 5.74. The summed E-state index contributed by atoms with van der Waals surface area (Å²) in [5.41, 5.74) is 1.15. The number of carbonyl (C=O) groups is 1. The maximum atomic E-state index is 12.7. The number of hydrogen-bond acceptors (Lipinski definition) is 4. The van der Waals surface area contributed by atoms with E-state index in [1.165, 1.54) is 0 Å². The van der Waals surface area contributed by atoms with Gasteiger partial charge in [-0.05, 0) is 36.9 Å². The molecule has 0 saturated heterocycles. The van der Waals surface area contributed by atoms with Gasteiger partial charge in [-0.1, -0.05) is 37.3 Å². The molecule has 7 heteroatoms. The Morgan fingerprint density at radius 3 is 2.32 bits per heavy atom. The number of thioether (sulfide) groups is 1. The van der Waals surface area contributed by atoms with E-state index in [2.05, 4.69) is 5.32 Å². The Kier molecular flexibility index (Phi) is 6.50. The van der Waals surface area contributed by atoms with Crippen molar-refractivity contribution >= 4 is 39.1 Å². The molecule has 2 aromatic carbocycles. The fraction of sp³-hybridized carbons (Fsp3) is 0.278. The van der Waals surface area contributed by atoms with Crippen LogP contribution in [0.5, 0.6) is 0 Å². The van der Waals surface area contributed by atoms with Crippen molar-refractivity contribution in [1.29, 1.82) is 0 Å².